The van der Waals surface area contributed by atoms with Gasteiger partial charge in [-0.3, -0.25) is 9.59 Å². The second-order valence-corrected chi connectivity index (χ2v) is 10.6. The SMILES string of the molecule is COc1cccc(OC)c1C(=O)P(=O)(C(=O)c1ccccc1)c1c(OC)c(Cl)cc(Br)c1OC. The van der Waals surface area contributed by atoms with E-state index in [1.807, 2.05) is 0 Å². The van der Waals surface area contributed by atoms with Crippen LogP contribution in [-0.4, -0.2) is 39.5 Å². The summed E-state index contributed by atoms with van der Waals surface area (Å²) < 4.78 is 36.9. The van der Waals surface area contributed by atoms with E-state index >= 15 is 0 Å². The molecule has 0 radical (unpaired) electrons. The van der Waals surface area contributed by atoms with Gasteiger partial charge in [-0.2, -0.15) is 0 Å². The Hall–Kier alpha value is -2.80. The normalized spacial score (nSPS) is 12.4. The zero-order chi connectivity index (χ0) is 25.0. The van der Waals surface area contributed by atoms with Gasteiger partial charge in [0.25, 0.3) is 7.14 Å². The molecule has 0 bridgehead atoms. The van der Waals surface area contributed by atoms with Crippen LogP contribution in [0.3, 0.4) is 0 Å². The van der Waals surface area contributed by atoms with E-state index in [2.05, 4.69) is 15.9 Å². The van der Waals surface area contributed by atoms with Crippen molar-refractivity contribution in [3.05, 3.63) is 75.2 Å². The van der Waals surface area contributed by atoms with Gasteiger partial charge in [-0.05, 0) is 34.1 Å². The molecule has 0 saturated carbocycles. The Morgan fingerprint density at radius 3 is 1.85 bits per heavy atom. The number of rotatable bonds is 9. The Balaban J connectivity index is 2.49. The molecule has 0 saturated heterocycles. The summed E-state index contributed by atoms with van der Waals surface area (Å²) >= 11 is 9.71. The molecule has 178 valence electrons. The summed E-state index contributed by atoms with van der Waals surface area (Å²) in [7, 11) is 0.582. The molecule has 1 atom stereocenters. The number of carbonyl (C=O) groups excluding carboxylic acids is 2. The Morgan fingerprint density at radius 1 is 0.794 bits per heavy atom. The lowest BCUT2D eigenvalue weighted by atomic mass is 10.2. The molecule has 0 amide bonds. The highest BCUT2D eigenvalue weighted by atomic mass is 79.9. The molecule has 34 heavy (non-hydrogen) atoms. The van der Waals surface area contributed by atoms with Gasteiger partial charge in [0.1, 0.15) is 28.1 Å². The van der Waals surface area contributed by atoms with Crippen molar-refractivity contribution in [3.63, 3.8) is 0 Å². The molecule has 1 unspecified atom stereocenters. The van der Waals surface area contributed by atoms with Gasteiger partial charge in [0.2, 0.25) is 11.0 Å². The number of ether oxygens (including phenoxy) is 4. The van der Waals surface area contributed by atoms with Gasteiger partial charge in [0.05, 0.1) is 37.9 Å². The lowest BCUT2D eigenvalue weighted by Gasteiger charge is -2.24. The first kappa shape index (κ1) is 25.8. The average Bonchev–Trinajstić information content (AvgIpc) is 2.86. The summed E-state index contributed by atoms with van der Waals surface area (Å²) in [5.41, 5.74) is -2.02. The molecule has 0 N–H and O–H groups in total. The third kappa shape index (κ3) is 4.33. The van der Waals surface area contributed by atoms with Crippen LogP contribution in [0.2, 0.25) is 5.02 Å². The van der Waals surface area contributed by atoms with Crippen LogP contribution in [0.4, 0.5) is 0 Å². The highest BCUT2D eigenvalue weighted by molar-refractivity contribution is 9.10. The van der Waals surface area contributed by atoms with Crippen molar-refractivity contribution in [1.29, 1.82) is 0 Å². The first-order valence-corrected chi connectivity index (χ1v) is 12.7. The predicted molar refractivity (Wildman–Crippen MR) is 134 cm³/mol. The second-order valence-electron chi connectivity index (χ2n) is 6.88. The lowest BCUT2D eigenvalue weighted by Crippen LogP contribution is -2.24. The van der Waals surface area contributed by atoms with Crippen LogP contribution in [0, 0.1) is 0 Å². The standard InChI is InChI=1S/C24H21BrClO7P/c1-30-17-11-8-12-18(31-2)19(17)24(28)34(29,23(27)14-9-6-5-7-10-14)22-20(32-3)15(25)13-16(26)21(22)33-4/h5-13H,1-4H3. The molecule has 10 heteroatoms. The zero-order valence-corrected chi connectivity index (χ0v) is 22.0. The highest BCUT2D eigenvalue weighted by Gasteiger charge is 2.49. The molecular formula is C24H21BrClO7P. The fraction of sp³-hybridized carbons (Fsp3) is 0.167. The van der Waals surface area contributed by atoms with Gasteiger partial charge in [-0.15, -0.1) is 0 Å². The smallest absolute Gasteiger partial charge is 0.256 e. The molecule has 0 aliphatic rings. The third-order valence-corrected chi connectivity index (χ3v) is 8.61. The summed E-state index contributed by atoms with van der Waals surface area (Å²) in [6.07, 6.45) is 0. The molecule has 0 aromatic heterocycles. The van der Waals surface area contributed by atoms with Gasteiger partial charge in [-0.25, -0.2) is 0 Å². The highest BCUT2D eigenvalue weighted by Crippen LogP contribution is 2.58. The predicted octanol–water partition coefficient (Wildman–Crippen LogP) is 5.81. The second kappa shape index (κ2) is 10.6. The third-order valence-electron chi connectivity index (χ3n) is 5.08. The summed E-state index contributed by atoms with van der Waals surface area (Å²) in [5.74, 6) is 0.0431. The van der Waals surface area contributed by atoms with Crippen LogP contribution in [0.25, 0.3) is 0 Å². The van der Waals surface area contributed by atoms with E-state index in [4.69, 9.17) is 30.5 Å². The molecule has 3 rings (SSSR count). The Morgan fingerprint density at radius 2 is 1.35 bits per heavy atom. The van der Waals surface area contributed by atoms with E-state index in [1.165, 1.54) is 58.8 Å². The van der Waals surface area contributed by atoms with Gasteiger partial charge >= 0.3 is 0 Å². The topological polar surface area (TPSA) is 88.1 Å². The minimum atomic E-state index is -4.74. The van der Waals surface area contributed by atoms with Crippen molar-refractivity contribution in [3.8, 4) is 23.0 Å². The molecule has 0 aliphatic carbocycles. The molecule has 0 fully saturated rings. The van der Waals surface area contributed by atoms with E-state index in [0.717, 1.165) is 0 Å². The molecule has 3 aromatic carbocycles. The van der Waals surface area contributed by atoms with E-state index in [9.17, 15) is 14.2 Å². The first-order chi connectivity index (χ1) is 16.3. The number of benzene rings is 3. The van der Waals surface area contributed by atoms with Crippen LogP contribution < -0.4 is 24.3 Å². The van der Waals surface area contributed by atoms with Gasteiger partial charge in [0, 0.05) is 5.56 Å². The maximum Gasteiger partial charge on any atom is 0.256 e. The summed E-state index contributed by atoms with van der Waals surface area (Å²) in [4.78, 5) is 28.1. The van der Waals surface area contributed by atoms with Crippen molar-refractivity contribution >= 4 is 51.0 Å². The fourth-order valence-electron chi connectivity index (χ4n) is 3.52. The van der Waals surface area contributed by atoms with Crippen LogP contribution in [0.5, 0.6) is 23.0 Å². The van der Waals surface area contributed by atoms with Crippen LogP contribution in [0.15, 0.2) is 59.1 Å². The van der Waals surface area contributed by atoms with Gasteiger partial charge in [-0.1, -0.05) is 48.0 Å². The fourth-order valence-corrected chi connectivity index (χ4v) is 7.38. The Labute approximate surface area is 210 Å². The Kier molecular flexibility index (Phi) is 8.08. The number of hydrogen-bond acceptors (Lipinski definition) is 7. The van der Waals surface area contributed by atoms with Crippen LogP contribution in [-0.2, 0) is 4.57 Å². The maximum atomic E-state index is 15.0. The van der Waals surface area contributed by atoms with E-state index in [1.54, 1.807) is 24.3 Å². The van der Waals surface area contributed by atoms with Crippen molar-refractivity contribution in [2.45, 2.75) is 0 Å². The monoisotopic (exact) mass is 566 g/mol. The largest absolute Gasteiger partial charge is 0.496 e. The van der Waals surface area contributed by atoms with Crippen LogP contribution >= 0.6 is 34.7 Å². The summed E-state index contributed by atoms with van der Waals surface area (Å²) in [5, 5.41) is -0.227. The van der Waals surface area contributed by atoms with Crippen molar-refractivity contribution in [1.82, 2.24) is 0 Å². The number of halogens is 2. The Bertz CT molecular complexity index is 1240. The zero-order valence-electron chi connectivity index (χ0n) is 18.8. The minimum absolute atomic E-state index is 0.0175. The molecule has 3 aromatic rings. The minimum Gasteiger partial charge on any atom is -0.496 e. The molecule has 0 aliphatic heterocycles. The van der Waals surface area contributed by atoms with E-state index in [-0.39, 0.29) is 48.9 Å². The number of hydrogen-bond donors (Lipinski definition) is 0. The van der Waals surface area contributed by atoms with Crippen molar-refractivity contribution in [2.75, 3.05) is 28.4 Å². The molecule has 0 heterocycles. The maximum absolute atomic E-state index is 15.0. The van der Waals surface area contributed by atoms with Crippen molar-refractivity contribution < 1.29 is 33.1 Å². The molecule has 7 nitrogen and oxygen atoms in total. The average molecular weight is 568 g/mol. The lowest BCUT2D eigenvalue weighted by molar-refractivity contribution is 0.103. The number of carbonyl (C=O) groups is 2. The summed E-state index contributed by atoms with van der Waals surface area (Å²) in [6.45, 7) is 0. The quantitative estimate of drug-likeness (QED) is 0.302. The van der Waals surface area contributed by atoms with E-state index in [0.29, 0.717) is 0 Å². The van der Waals surface area contributed by atoms with Gasteiger partial charge in [0.15, 0.2) is 5.75 Å². The number of methoxy groups -OCH3 is 4. The van der Waals surface area contributed by atoms with Gasteiger partial charge < -0.3 is 23.5 Å². The first-order valence-electron chi connectivity index (χ1n) is 9.82. The molecular weight excluding hydrogens is 547 g/mol. The summed E-state index contributed by atoms with van der Waals surface area (Å²) in [6, 6.07) is 13.9. The molecule has 0 spiro atoms. The van der Waals surface area contributed by atoms with Crippen molar-refractivity contribution in [2.24, 2.45) is 0 Å². The van der Waals surface area contributed by atoms with E-state index < -0.39 is 18.2 Å². The van der Waals surface area contributed by atoms with Crippen LogP contribution in [0.1, 0.15) is 20.7 Å².